The highest BCUT2D eigenvalue weighted by atomic mass is 19.1. The average molecular weight is 310 g/mol. The third kappa shape index (κ3) is 4.76. The Kier molecular flexibility index (Phi) is 6.30. The number of benzene rings is 1. The molecular weight excluding hydrogens is 287 g/mol. The van der Waals surface area contributed by atoms with Crippen molar-refractivity contribution in [2.45, 2.75) is 25.5 Å². The third-order valence-electron chi connectivity index (χ3n) is 3.73. The van der Waals surface area contributed by atoms with E-state index in [1.807, 2.05) is 17.9 Å². The van der Waals surface area contributed by atoms with Crippen molar-refractivity contribution >= 4 is 5.91 Å². The van der Waals surface area contributed by atoms with Crippen molar-refractivity contribution in [1.29, 1.82) is 0 Å². The molecule has 2 rings (SSSR count). The molecule has 0 aromatic heterocycles. The zero-order valence-electron chi connectivity index (χ0n) is 12.8. The van der Waals surface area contributed by atoms with Gasteiger partial charge in [0.15, 0.2) is 0 Å². The van der Waals surface area contributed by atoms with E-state index in [0.29, 0.717) is 32.7 Å². The fraction of sp³-hybridized carbons (Fsp3) is 0.562. The van der Waals surface area contributed by atoms with Crippen LogP contribution in [0, 0.1) is 5.82 Å². The van der Waals surface area contributed by atoms with Gasteiger partial charge in [-0.3, -0.25) is 9.69 Å². The van der Waals surface area contributed by atoms with Gasteiger partial charge in [0.05, 0.1) is 19.3 Å². The van der Waals surface area contributed by atoms with Crippen LogP contribution in [-0.2, 0) is 9.53 Å². The lowest BCUT2D eigenvalue weighted by atomic mass is 10.0. The molecule has 0 saturated carbocycles. The maximum absolute atomic E-state index is 13.4. The molecule has 1 fully saturated rings. The molecule has 1 heterocycles. The number of halogens is 1. The van der Waals surface area contributed by atoms with E-state index >= 15 is 0 Å². The molecule has 0 bridgehead atoms. The highest BCUT2D eigenvalue weighted by molar-refractivity contribution is 5.78. The summed E-state index contributed by atoms with van der Waals surface area (Å²) in [6, 6.07) is 6.19. The van der Waals surface area contributed by atoms with Crippen LogP contribution >= 0.6 is 0 Å². The number of carbonyl (C=O) groups excluding carboxylic acids is 1. The minimum absolute atomic E-state index is 0.116. The summed E-state index contributed by atoms with van der Waals surface area (Å²) >= 11 is 0. The van der Waals surface area contributed by atoms with Gasteiger partial charge in [0.2, 0.25) is 5.91 Å². The van der Waals surface area contributed by atoms with Crippen molar-refractivity contribution in [3.8, 4) is 0 Å². The number of likely N-dealkylation sites (tertiary alicyclic amines) is 1. The summed E-state index contributed by atoms with van der Waals surface area (Å²) in [4.78, 5) is 13.8. The molecule has 0 radical (unpaired) electrons. The van der Waals surface area contributed by atoms with Gasteiger partial charge in [-0.15, -0.1) is 0 Å². The second-order valence-electron chi connectivity index (χ2n) is 5.44. The Morgan fingerprint density at radius 1 is 1.55 bits per heavy atom. The molecule has 6 heteroatoms. The number of aliphatic hydroxyl groups is 1. The van der Waals surface area contributed by atoms with Crippen LogP contribution in [0.25, 0.3) is 0 Å². The highest BCUT2D eigenvalue weighted by Gasteiger charge is 2.33. The van der Waals surface area contributed by atoms with Gasteiger partial charge in [0.25, 0.3) is 0 Å². The van der Waals surface area contributed by atoms with Crippen LogP contribution in [0.1, 0.15) is 24.9 Å². The molecule has 5 nitrogen and oxygen atoms in total. The molecule has 1 aromatic carbocycles. The second-order valence-corrected chi connectivity index (χ2v) is 5.44. The predicted octanol–water partition coefficient (Wildman–Crippen LogP) is 1.09. The van der Waals surface area contributed by atoms with Gasteiger partial charge >= 0.3 is 0 Å². The van der Waals surface area contributed by atoms with Gasteiger partial charge in [-0.1, -0.05) is 12.1 Å². The van der Waals surface area contributed by atoms with Crippen molar-refractivity contribution in [3.05, 3.63) is 35.6 Å². The molecule has 0 spiro atoms. The molecule has 0 unspecified atom stereocenters. The molecule has 1 aromatic rings. The number of nitrogens with one attached hydrogen (secondary N) is 1. The van der Waals surface area contributed by atoms with Crippen molar-refractivity contribution in [1.82, 2.24) is 10.2 Å². The maximum Gasteiger partial charge on any atom is 0.234 e. The minimum atomic E-state index is -0.496. The lowest BCUT2D eigenvalue weighted by Crippen LogP contribution is -2.38. The molecule has 2 atom stereocenters. The third-order valence-corrected chi connectivity index (χ3v) is 3.73. The summed E-state index contributed by atoms with van der Waals surface area (Å²) in [6.45, 7) is 4.07. The normalized spacial score (nSPS) is 22.0. The van der Waals surface area contributed by atoms with E-state index in [1.165, 1.54) is 12.1 Å². The second kappa shape index (κ2) is 8.22. The molecule has 0 aliphatic carbocycles. The number of amides is 1. The Bertz CT molecular complexity index is 498. The number of hydrogen-bond acceptors (Lipinski definition) is 4. The molecule has 1 amide bonds. The summed E-state index contributed by atoms with van der Waals surface area (Å²) in [5, 5.41) is 12.7. The van der Waals surface area contributed by atoms with Crippen molar-refractivity contribution in [3.63, 3.8) is 0 Å². The summed E-state index contributed by atoms with van der Waals surface area (Å²) < 4.78 is 18.5. The van der Waals surface area contributed by atoms with E-state index in [-0.39, 0.29) is 24.3 Å². The van der Waals surface area contributed by atoms with Crippen LogP contribution in [0.3, 0.4) is 0 Å². The van der Waals surface area contributed by atoms with Gasteiger partial charge in [-0.25, -0.2) is 4.39 Å². The average Bonchev–Trinajstić information content (AvgIpc) is 2.84. The van der Waals surface area contributed by atoms with Gasteiger partial charge in [-0.05, 0) is 31.0 Å². The first kappa shape index (κ1) is 16.9. The van der Waals surface area contributed by atoms with Crippen LogP contribution in [0.15, 0.2) is 24.3 Å². The van der Waals surface area contributed by atoms with E-state index < -0.39 is 6.10 Å². The predicted molar refractivity (Wildman–Crippen MR) is 80.8 cm³/mol. The largest absolute Gasteiger partial charge is 0.392 e. The van der Waals surface area contributed by atoms with Crippen molar-refractivity contribution < 1.29 is 19.0 Å². The highest BCUT2D eigenvalue weighted by Crippen LogP contribution is 2.31. The first-order valence-corrected chi connectivity index (χ1v) is 7.62. The summed E-state index contributed by atoms with van der Waals surface area (Å²) in [6.07, 6.45) is 0.0138. The number of rotatable bonds is 7. The number of hydrogen-bond donors (Lipinski definition) is 2. The van der Waals surface area contributed by atoms with Crippen LogP contribution in [0.4, 0.5) is 4.39 Å². The molecule has 2 N–H and O–H groups in total. The van der Waals surface area contributed by atoms with Crippen molar-refractivity contribution in [2.75, 3.05) is 32.8 Å². The first-order valence-electron chi connectivity index (χ1n) is 7.62. The van der Waals surface area contributed by atoms with E-state index in [0.717, 1.165) is 5.56 Å². The molecule has 1 aliphatic rings. The van der Waals surface area contributed by atoms with E-state index in [9.17, 15) is 14.3 Å². The Hall–Kier alpha value is -1.50. The number of β-amino-alcohol motifs (C(OH)–C–C–N with tert-alkyl or cyclic N) is 1. The topological polar surface area (TPSA) is 61.8 Å². The quantitative estimate of drug-likeness (QED) is 0.740. The Balaban J connectivity index is 1.92. The van der Waals surface area contributed by atoms with E-state index in [2.05, 4.69) is 5.32 Å². The zero-order valence-corrected chi connectivity index (χ0v) is 12.8. The Morgan fingerprint density at radius 3 is 3.09 bits per heavy atom. The SMILES string of the molecule is CCOCCNC(=O)CN1C[C@H](O)C[C@@H]1c1cccc(F)c1. The monoisotopic (exact) mass is 310 g/mol. The van der Waals surface area contributed by atoms with Crippen molar-refractivity contribution in [2.24, 2.45) is 0 Å². The number of carbonyl (C=O) groups is 1. The van der Waals surface area contributed by atoms with Gasteiger partial charge < -0.3 is 15.2 Å². The van der Waals surface area contributed by atoms with Crippen LogP contribution in [0.2, 0.25) is 0 Å². The van der Waals surface area contributed by atoms with Gasteiger partial charge in [0.1, 0.15) is 5.82 Å². The molecule has 1 saturated heterocycles. The Labute approximate surface area is 130 Å². The summed E-state index contributed by atoms with van der Waals surface area (Å²) in [5.74, 6) is -0.421. The molecular formula is C16H23FN2O3. The fourth-order valence-corrected chi connectivity index (χ4v) is 2.76. The molecule has 1 aliphatic heterocycles. The minimum Gasteiger partial charge on any atom is -0.392 e. The lowest BCUT2D eigenvalue weighted by molar-refractivity contribution is -0.122. The van der Waals surface area contributed by atoms with Crippen LogP contribution in [0.5, 0.6) is 0 Å². The fourth-order valence-electron chi connectivity index (χ4n) is 2.76. The molecule has 122 valence electrons. The summed E-state index contributed by atoms with van der Waals surface area (Å²) in [7, 11) is 0. The number of aliphatic hydroxyl groups excluding tert-OH is 1. The lowest BCUT2D eigenvalue weighted by Gasteiger charge is -2.23. The maximum atomic E-state index is 13.4. The van der Waals surface area contributed by atoms with Crippen LogP contribution in [-0.4, -0.2) is 54.9 Å². The smallest absolute Gasteiger partial charge is 0.234 e. The zero-order chi connectivity index (χ0) is 15.9. The van der Waals surface area contributed by atoms with Gasteiger partial charge in [0, 0.05) is 25.7 Å². The molecule has 22 heavy (non-hydrogen) atoms. The van der Waals surface area contributed by atoms with E-state index in [4.69, 9.17) is 4.74 Å². The number of nitrogens with zero attached hydrogens (tertiary/aromatic N) is 1. The summed E-state index contributed by atoms with van der Waals surface area (Å²) in [5.41, 5.74) is 0.790. The first-order chi connectivity index (χ1) is 10.6. The number of ether oxygens (including phenoxy) is 1. The standard InChI is InChI=1S/C16H23FN2O3/c1-2-22-7-6-18-16(21)11-19-10-14(20)9-15(19)12-4-3-5-13(17)8-12/h3-5,8,14-15,20H,2,6-7,9-11H2,1H3,(H,18,21)/t14-,15-/m1/s1. The van der Waals surface area contributed by atoms with E-state index in [1.54, 1.807) is 6.07 Å². The van der Waals surface area contributed by atoms with Crippen LogP contribution < -0.4 is 5.32 Å². The Morgan fingerprint density at radius 2 is 2.36 bits per heavy atom. The van der Waals surface area contributed by atoms with Gasteiger partial charge in [-0.2, -0.15) is 0 Å².